The Kier molecular flexibility index (Phi) is 9.33. The van der Waals surface area contributed by atoms with E-state index in [9.17, 15) is 13.2 Å². The van der Waals surface area contributed by atoms with Crippen LogP contribution >= 0.6 is 0 Å². The van der Waals surface area contributed by atoms with Gasteiger partial charge in [0.15, 0.2) is 0 Å². The van der Waals surface area contributed by atoms with Gasteiger partial charge in [-0.05, 0) is 93.7 Å². The lowest BCUT2D eigenvalue weighted by Crippen LogP contribution is -2.32. The van der Waals surface area contributed by atoms with E-state index in [0.29, 0.717) is 29.2 Å². The minimum atomic E-state index is -3.70. The van der Waals surface area contributed by atoms with Gasteiger partial charge in [-0.15, -0.1) is 0 Å². The van der Waals surface area contributed by atoms with Crippen LogP contribution in [-0.4, -0.2) is 70.8 Å². The van der Waals surface area contributed by atoms with Crippen molar-refractivity contribution in [3.63, 3.8) is 0 Å². The smallest absolute Gasteiger partial charge is 0.243 e. The number of aryl methyl sites for hydroxylation is 2. The van der Waals surface area contributed by atoms with Crippen LogP contribution in [0.4, 0.5) is 5.69 Å². The lowest BCUT2D eigenvalue weighted by Gasteiger charge is -2.29. The summed E-state index contributed by atoms with van der Waals surface area (Å²) in [4.78, 5) is 15.2. The molecular formula is C27H39N3O4S. The van der Waals surface area contributed by atoms with Crippen LogP contribution in [0.1, 0.15) is 36.0 Å². The van der Waals surface area contributed by atoms with Gasteiger partial charge in [0, 0.05) is 38.7 Å². The summed E-state index contributed by atoms with van der Waals surface area (Å²) in [6.45, 7) is 6.94. The van der Waals surface area contributed by atoms with Gasteiger partial charge in [0.25, 0.3) is 0 Å². The number of nitrogens with zero attached hydrogens (tertiary/aromatic N) is 2. The molecular weight excluding hydrogens is 462 g/mol. The van der Waals surface area contributed by atoms with Crippen LogP contribution in [0.5, 0.6) is 5.75 Å². The van der Waals surface area contributed by atoms with E-state index < -0.39 is 10.0 Å². The average molecular weight is 502 g/mol. The zero-order chi connectivity index (χ0) is 25.6. The summed E-state index contributed by atoms with van der Waals surface area (Å²) in [6.07, 6.45) is 2.90. The number of benzene rings is 2. The summed E-state index contributed by atoms with van der Waals surface area (Å²) in [7, 11) is 1.55. The summed E-state index contributed by atoms with van der Waals surface area (Å²) >= 11 is 0. The standard InChI is InChI=1S/C27H39N3O4S/c1-20-16-26(34-5)17-21(2)27(20)35(32,33)30(4)15-12-25(31)18-22-6-8-24(9-7-22)28-19-23-10-13-29(3)14-11-23/h6-9,16-17,23,28H,10-15,18-19H2,1-5H3. The number of likely N-dealkylation sites (tertiary alicyclic amines) is 1. The van der Waals surface area contributed by atoms with Crippen LogP contribution in [0.3, 0.4) is 0 Å². The fourth-order valence-corrected chi connectivity index (χ4v) is 6.15. The van der Waals surface area contributed by atoms with Gasteiger partial charge in [-0.1, -0.05) is 12.1 Å². The highest BCUT2D eigenvalue weighted by atomic mass is 32.2. The Bertz CT molecular complexity index is 1080. The Morgan fingerprint density at radius 1 is 1.11 bits per heavy atom. The molecule has 1 fully saturated rings. The van der Waals surface area contributed by atoms with E-state index in [2.05, 4.69) is 17.3 Å². The van der Waals surface area contributed by atoms with E-state index in [-0.39, 0.29) is 23.6 Å². The molecule has 0 aliphatic carbocycles. The van der Waals surface area contributed by atoms with Crippen molar-refractivity contribution in [1.29, 1.82) is 0 Å². The summed E-state index contributed by atoms with van der Waals surface area (Å²) in [6, 6.07) is 11.4. The van der Waals surface area contributed by atoms with Gasteiger partial charge in [-0.25, -0.2) is 12.7 Å². The van der Waals surface area contributed by atoms with Crippen LogP contribution in [0.25, 0.3) is 0 Å². The second-order valence-corrected chi connectivity index (χ2v) is 11.7. The van der Waals surface area contributed by atoms with E-state index in [1.54, 1.807) is 33.1 Å². The number of rotatable bonds is 11. The van der Waals surface area contributed by atoms with E-state index in [0.717, 1.165) is 30.9 Å². The maximum Gasteiger partial charge on any atom is 0.243 e. The predicted molar refractivity (Wildman–Crippen MR) is 141 cm³/mol. The van der Waals surface area contributed by atoms with Crippen molar-refractivity contribution in [2.45, 2.75) is 44.4 Å². The van der Waals surface area contributed by atoms with Gasteiger partial charge in [-0.3, -0.25) is 4.79 Å². The first kappa shape index (κ1) is 27.2. The largest absolute Gasteiger partial charge is 0.497 e. The van der Waals surface area contributed by atoms with Crippen molar-refractivity contribution >= 4 is 21.5 Å². The second kappa shape index (κ2) is 12.0. The predicted octanol–water partition coefficient (Wildman–Crippen LogP) is 3.89. The molecule has 8 heteroatoms. The number of ketones is 1. The maximum absolute atomic E-state index is 13.1. The number of piperidine rings is 1. The molecule has 7 nitrogen and oxygen atoms in total. The Morgan fingerprint density at radius 3 is 2.29 bits per heavy atom. The molecule has 0 bridgehead atoms. The van der Waals surface area contributed by atoms with Gasteiger partial charge >= 0.3 is 0 Å². The number of nitrogens with one attached hydrogen (secondary N) is 1. The minimum absolute atomic E-state index is 0.0160. The molecule has 2 aromatic carbocycles. The van der Waals surface area contributed by atoms with Crippen molar-refractivity contribution in [3.05, 3.63) is 53.1 Å². The first-order valence-electron chi connectivity index (χ1n) is 12.2. The fourth-order valence-electron chi connectivity index (χ4n) is 4.58. The summed E-state index contributed by atoms with van der Waals surface area (Å²) in [5.41, 5.74) is 3.26. The van der Waals surface area contributed by atoms with Crippen molar-refractivity contribution in [2.75, 3.05) is 52.7 Å². The van der Waals surface area contributed by atoms with Crippen molar-refractivity contribution in [3.8, 4) is 5.75 Å². The maximum atomic E-state index is 13.1. The molecule has 1 saturated heterocycles. The van der Waals surface area contributed by atoms with Crippen LogP contribution in [0.15, 0.2) is 41.3 Å². The monoisotopic (exact) mass is 501 g/mol. The minimum Gasteiger partial charge on any atom is -0.497 e. The van der Waals surface area contributed by atoms with Crippen LogP contribution in [0, 0.1) is 19.8 Å². The number of carbonyl (C=O) groups is 1. The first-order chi connectivity index (χ1) is 16.6. The molecule has 0 unspecified atom stereocenters. The number of sulfonamides is 1. The zero-order valence-electron chi connectivity index (χ0n) is 21.6. The number of methoxy groups -OCH3 is 1. The average Bonchev–Trinajstić information content (AvgIpc) is 2.82. The van der Waals surface area contributed by atoms with Crippen LogP contribution in [0.2, 0.25) is 0 Å². The molecule has 0 spiro atoms. The highest BCUT2D eigenvalue weighted by Crippen LogP contribution is 2.28. The molecule has 1 aliphatic rings. The quantitative estimate of drug-likeness (QED) is 0.503. The molecule has 1 N–H and O–H groups in total. The SMILES string of the molecule is COc1cc(C)c(S(=O)(=O)N(C)CCC(=O)Cc2ccc(NCC3CCN(C)CC3)cc2)c(C)c1. The highest BCUT2D eigenvalue weighted by Gasteiger charge is 2.26. The molecule has 0 radical (unpaired) electrons. The third kappa shape index (κ3) is 7.29. The number of ether oxygens (including phenoxy) is 1. The molecule has 0 amide bonds. The van der Waals surface area contributed by atoms with Crippen LogP contribution in [-0.2, 0) is 21.2 Å². The molecule has 1 aliphatic heterocycles. The normalized spacial score (nSPS) is 15.4. The fraction of sp³-hybridized carbons (Fsp3) is 0.519. The van der Waals surface area contributed by atoms with Gasteiger partial charge in [-0.2, -0.15) is 0 Å². The molecule has 0 saturated carbocycles. The van der Waals surface area contributed by atoms with Crippen molar-refractivity contribution < 1.29 is 17.9 Å². The summed E-state index contributed by atoms with van der Waals surface area (Å²) in [5.74, 6) is 1.34. The number of Topliss-reactive ketones (excluding diaryl/α,β-unsaturated/α-hetero) is 1. The van der Waals surface area contributed by atoms with E-state index in [1.807, 2.05) is 24.3 Å². The van der Waals surface area contributed by atoms with Gasteiger partial charge in [0.05, 0.1) is 12.0 Å². The molecule has 192 valence electrons. The number of anilines is 1. The Morgan fingerprint density at radius 2 is 1.71 bits per heavy atom. The highest BCUT2D eigenvalue weighted by molar-refractivity contribution is 7.89. The third-order valence-electron chi connectivity index (χ3n) is 6.83. The second-order valence-electron chi connectivity index (χ2n) is 9.71. The van der Waals surface area contributed by atoms with E-state index in [1.165, 1.54) is 24.2 Å². The number of hydrogen-bond donors (Lipinski definition) is 1. The molecule has 3 rings (SSSR count). The lowest BCUT2D eigenvalue weighted by atomic mass is 9.97. The summed E-state index contributed by atoms with van der Waals surface area (Å²) in [5, 5.41) is 3.51. The van der Waals surface area contributed by atoms with Crippen molar-refractivity contribution in [2.24, 2.45) is 5.92 Å². The van der Waals surface area contributed by atoms with Gasteiger partial charge < -0.3 is 15.0 Å². The Labute approximate surface area is 210 Å². The third-order valence-corrected chi connectivity index (χ3v) is 8.99. The van der Waals surface area contributed by atoms with Gasteiger partial charge in [0.2, 0.25) is 10.0 Å². The van der Waals surface area contributed by atoms with Crippen LogP contribution < -0.4 is 10.1 Å². The topological polar surface area (TPSA) is 79.0 Å². The molecule has 2 aromatic rings. The van der Waals surface area contributed by atoms with E-state index in [4.69, 9.17) is 4.74 Å². The number of hydrogen-bond acceptors (Lipinski definition) is 6. The van der Waals surface area contributed by atoms with Crippen molar-refractivity contribution in [1.82, 2.24) is 9.21 Å². The Balaban J connectivity index is 1.50. The molecule has 0 aromatic heterocycles. The molecule has 0 atom stereocenters. The zero-order valence-corrected chi connectivity index (χ0v) is 22.5. The first-order valence-corrected chi connectivity index (χ1v) is 13.7. The molecule has 35 heavy (non-hydrogen) atoms. The Hall–Kier alpha value is -2.42. The number of carbonyl (C=O) groups excluding carboxylic acids is 1. The van der Waals surface area contributed by atoms with Gasteiger partial charge in [0.1, 0.15) is 11.5 Å². The molecule has 1 heterocycles. The van der Waals surface area contributed by atoms with E-state index >= 15 is 0 Å². The lowest BCUT2D eigenvalue weighted by molar-refractivity contribution is -0.118. The summed E-state index contributed by atoms with van der Waals surface area (Å²) < 4.78 is 32.8.